The highest BCUT2D eigenvalue weighted by molar-refractivity contribution is 5.90. The molecule has 7 aromatic carbocycles. The molecule has 3 heterocycles. The third kappa shape index (κ3) is 9.32. The summed E-state index contributed by atoms with van der Waals surface area (Å²) in [5.74, 6) is 12.8. The summed E-state index contributed by atoms with van der Waals surface area (Å²) in [5, 5.41) is 8.32. The number of hydrogen-bond acceptors (Lipinski definition) is 3. The summed E-state index contributed by atoms with van der Waals surface area (Å²) < 4.78 is 0. The van der Waals surface area contributed by atoms with Crippen molar-refractivity contribution in [3.05, 3.63) is 246 Å². The highest BCUT2D eigenvalue weighted by Gasteiger charge is 2.03. The minimum Gasteiger partial charge on any atom is -0.256 e. The van der Waals surface area contributed by atoms with Crippen molar-refractivity contribution >= 4 is 43.2 Å². The van der Waals surface area contributed by atoms with E-state index in [1.165, 1.54) is 43.4 Å². The molecule has 0 fully saturated rings. The Kier molecular flexibility index (Phi) is 11.9. The molecule has 0 radical (unpaired) electrons. The molecule has 0 bridgehead atoms. The van der Waals surface area contributed by atoms with Crippen molar-refractivity contribution in [3.63, 3.8) is 0 Å². The molecule has 0 saturated carbocycles. The van der Waals surface area contributed by atoms with Gasteiger partial charge in [0, 0.05) is 40.5 Å². The maximum atomic E-state index is 4.43. The summed E-state index contributed by atoms with van der Waals surface area (Å²) in [4.78, 5) is 13.0. The molecular formula is C55H39N3. The Bertz CT molecular complexity index is 2970. The van der Waals surface area contributed by atoms with E-state index in [4.69, 9.17) is 0 Å². The molecule has 0 saturated heterocycles. The van der Waals surface area contributed by atoms with Crippen LogP contribution in [0.1, 0.15) is 33.6 Å². The van der Waals surface area contributed by atoms with Crippen LogP contribution in [-0.2, 0) is 12.8 Å². The molecule has 3 heteroatoms. The first-order valence-electron chi connectivity index (χ1n) is 19.4. The van der Waals surface area contributed by atoms with Gasteiger partial charge in [0.2, 0.25) is 0 Å². The molecule has 0 spiro atoms. The van der Waals surface area contributed by atoms with E-state index >= 15 is 0 Å². The molecule has 58 heavy (non-hydrogen) atoms. The summed E-state index contributed by atoms with van der Waals surface area (Å²) >= 11 is 0. The summed E-state index contributed by atoms with van der Waals surface area (Å²) in [6.07, 6.45) is 7.62. The molecule has 274 valence electrons. The molecule has 0 aliphatic carbocycles. The highest BCUT2D eigenvalue weighted by atomic mass is 14.7. The molecule has 3 aromatic heterocycles. The van der Waals surface area contributed by atoms with Gasteiger partial charge in [0.15, 0.2) is 0 Å². The zero-order chi connectivity index (χ0) is 39.2. The first-order valence-corrected chi connectivity index (χ1v) is 19.4. The van der Waals surface area contributed by atoms with Crippen LogP contribution >= 0.6 is 0 Å². The number of para-hydroxylation sites is 1. The zero-order valence-corrected chi connectivity index (χ0v) is 32.0. The third-order valence-electron chi connectivity index (χ3n) is 9.82. The van der Waals surface area contributed by atoms with E-state index in [0.717, 1.165) is 46.3 Å². The number of aryl methyl sites for hydroxylation is 2. The standard InChI is InChI=1S/C21H13N.C17H11N.C17H15N/c1-3-10-19-16(6-1)8-5-9-17(19)12-13-21-20-11-4-2-7-18(20)14-15-22-21;1-2-10-17-14(6-1)7-5-8-15(17)11-12-16-9-3-4-13-18-16;1-2-6-14(7-3-1)10-11-15-12-13-18-17-9-5-4-8-16(15)17/h1-11,14-15H;1-10,13H;1-9,12-13H,10-11H2. The normalized spacial score (nSPS) is 10.3. The van der Waals surface area contributed by atoms with Gasteiger partial charge in [-0.3, -0.25) is 4.98 Å². The maximum Gasteiger partial charge on any atom is 0.121 e. The Morgan fingerprint density at radius 3 is 1.57 bits per heavy atom. The van der Waals surface area contributed by atoms with Gasteiger partial charge in [0.25, 0.3) is 0 Å². The molecular weight excluding hydrogens is 703 g/mol. The Morgan fingerprint density at radius 2 is 0.879 bits per heavy atom. The van der Waals surface area contributed by atoms with Crippen LogP contribution in [-0.4, -0.2) is 15.0 Å². The summed E-state index contributed by atoms with van der Waals surface area (Å²) in [6, 6.07) is 66.0. The minimum atomic E-state index is 0.797. The fourth-order valence-corrected chi connectivity index (χ4v) is 6.88. The van der Waals surface area contributed by atoms with Crippen molar-refractivity contribution in [1.29, 1.82) is 0 Å². The van der Waals surface area contributed by atoms with E-state index in [9.17, 15) is 0 Å². The van der Waals surface area contributed by atoms with Gasteiger partial charge in [0.1, 0.15) is 11.4 Å². The number of rotatable bonds is 3. The van der Waals surface area contributed by atoms with Gasteiger partial charge < -0.3 is 0 Å². The van der Waals surface area contributed by atoms with Gasteiger partial charge in [-0.05, 0) is 105 Å². The first kappa shape index (κ1) is 37.1. The van der Waals surface area contributed by atoms with Crippen LogP contribution in [0.3, 0.4) is 0 Å². The summed E-state index contributed by atoms with van der Waals surface area (Å²) in [5.41, 5.74) is 7.55. The van der Waals surface area contributed by atoms with E-state index in [1.54, 1.807) is 6.20 Å². The van der Waals surface area contributed by atoms with Gasteiger partial charge >= 0.3 is 0 Å². The van der Waals surface area contributed by atoms with Crippen molar-refractivity contribution in [1.82, 2.24) is 15.0 Å². The van der Waals surface area contributed by atoms with E-state index in [2.05, 4.69) is 148 Å². The number of nitrogens with zero attached hydrogens (tertiary/aromatic N) is 3. The fraction of sp³-hybridized carbons (Fsp3) is 0.0364. The quantitative estimate of drug-likeness (QED) is 0.169. The topological polar surface area (TPSA) is 38.7 Å². The van der Waals surface area contributed by atoms with Crippen LogP contribution in [0.15, 0.2) is 213 Å². The second kappa shape index (κ2) is 18.7. The zero-order valence-electron chi connectivity index (χ0n) is 32.0. The molecule has 0 aliphatic rings. The number of aromatic nitrogens is 3. The van der Waals surface area contributed by atoms with Crippen LogP contribution in [0.25, 0.3) is 43.2 Å². The van der Waals surface area contributed by atoms with Gasteiger partial charge in [-0.15, -0.1) is 0 Å². The molecule has 0 unspecified atom stereocenters. The van der Waals surface area contributed by atoms with Crippen molar-refractivity contribution < 1.29 is 0 Å². The second-order valence-electron chi connectivity index (χ2n) is 13.6. The third-order valence-corrected chi connectivity index (χ3v) is 9.82. The minimum absolute atomic E-state index is 0.797. The molecule has 0 atom stereocenters. The average molecular weight is 742 g/mol. The lowest BCUT2D eigenvalue weighted by Gasteiger charge is -2.06. The largest absolute Gasteiger partial charge is 0.256 e. The smallest absolute Gasteiger partial charge is 0.121 e. The van der Waals surface area contributed by atoms with Crippen molar-refractivity contribution in [2.45, 2.75) is 12.8 Å². The average Bonchev–Trinajstić information content (AvgIpc) is 3.30. The van der Waals surface area contributed by atoms with Gasteiger partial charge in [-0.1, -0.05) is 164 Å². The van der Waals surface area contributed by atoms with Crippen molar-refractivity contribution in [2.24, 2.45) is 0 Å². The molecule has 10 aromatic rings. The number of benzene rings is 7. The lowest BCUT2D eigenvalue weighted by Crippen LogP contribution is -1.93. The van der Waals surface area contributed by atoms with E-state index in [1.807, 2.05) is 97.3 Å². The first-order chi connectivity index (χ1) is 28.8. The summed E-state index contributed by atoms with van der Waals surface area (Å²) in [7, 11) is 0. The van der Waals surface area contributed by atoms with Crippen LogP contribution in [0.5, 0.6) is 0 Å². The van der Waals surface area contributed by atoms with Crippen LogP contribution in [0, 0.1) is 23.7 Å². The fourth-order valence-electron chi connectivity index (χ4n) is 6.88. The Morgan fingerprint density at radius 1 is 0.328 bits per heavy atom. The lowest BCUT2D eigenvalue weighted by molar-refractivity contribution is 0.967. The lowest BCUT2D eigenvalue weighted by atomic mass is 10.0. The maximum absolute atomic E-state index is 4.43. The highest BCUT2D eigenvalue weighted by Crippen LogP contribution is 2.21. The summed E-state index contributed by atoms with van der Waals surface area (Å²) in [6.45, 7) is 0. The van der Waals surface area contributed by atoms with E-state index < -0.39 is 0 Å². The van der Waals surface area contributed by atoms with Crippen molar-refractivity contribution in [2.75, 3.05) is 0 Å². The van der Waals surface area contributed by atoms with Crippen LogP contribution in [0.4, 0.5) is 0 Å². The van der Waals surface area contributed by atoms with E-state index in [-0.39, 0.29) is 0 Å². The van der Waals surface area contributed by atoms with Gasteiger partial charge in [-0.2, -0.15) is 0 Å². The van der Waals surface area contributed by atoms with Gasteiger partial charge in [0.05, 0.1) is 5.52 Å². The number of fused-ring (bicyclic) bond motifs is 4. The molecule has 0 amide bonds. The Balaban J connectivity index is 0.000000122. The number of pyridine rings is 3. The van der Waals surface area contributed by atoms with Crippen molar-refractivity contribution in [3.8, 4) is 23.7 Å². The monoisotopic (exact) mass is 741 g/mol. The molecule has 0 N–H and O–H groups in total. The Labute approximate surface area is 339 Å². The second-order valence-corrected chi connectivity index (χ2v) is 13.6. The van der Waals surface area contributed by atoms with Gasteiger partial charge in [-0.25, -0.2) is 9.97 Å². The molecule has 10 rings (SSSR count). The predicted octanol–water partition coefficient (Wildman–Crippen LogP) is 12.4. The molecule has 3 nitrogen and oxygen atoms in total. The van der Waals surface area contributed by atoms with E-state index in [0.29, 0.717) is 0 Å². The van der Waals surface area contributed by atoms with Crippen LogP contribution in [0.2, 0.25) is 0 Å². The molecule has 0 aliphatic heterocycles. The van der Waals surface area contributed by atoms with Crippen LogP contribution < -0.4 is 0 Å². The number of hydrogen-bond donors (Lipinski definition) is 0. The predicted molar refractivity (Wildman–Crippen MR) is 241 cm³/mol. The SMILES string of the molecule is C(#Cc1cccc2ccccc12)c1ccccn1.C(#Cc1nccc2ccccc12)c1cccc2ccccc12.c1ccc(CCc2ccnc3ccccc23)cc1. The Hall–Kier alpha value is -7.85.